The van der Waals surface area contributed by atoms with Crippen LogP contribution in [0.4, 0.5) is 11.4 Å². The van der Waals surface area contributed by atoms with Gasteiger partial charge in [0.15, 0.2) is 0 Å². The van der Waals surface area contributed by atoms with Gasteiger partial charge in [0.25, 0.3) is 5.91 Å². The molecule has 0 aliphatic rings. The van der Waals surface area contributed by atoms with E-state index in [-0.39, 0.29) is 5.91 Å². The third-order valence-electron chi connectivity index (χ3n) is 3.76. The van der Waals surface area contributed by atoms with Crippen LogP contribution < -0.4 is 10.6 Å². The fourth-order valence-corrected chi connectivity index (χ4v) is 2.36. The number of aryl methyl sites for hydroxylation is 1. The van der Waals surface area contributed by atoms with Crippen LogP contribution in [0.2, 0.25) is 0 Å². The zero-order chi connectivity index (χ0) is 16.8. The number of pyridine rings is 1. The molecule has 0 fully saturated rings. The molecule has 1 aromatic heterocycles. The fourth-order valence-electron chi connectivity index (χ4n) is 2.36. The molecule has 0 saturated carbocycles. The maximum atomic E-state index is 12.2. The van der Waals surface area contributed by atoms with Gasteiger partial charge in [-0.15, -0.1) is 0 Å². The summed E-state index contributed by atoms with van der Waals surface area (Å²) in [5.41, 5.74) is 4.50. The van der Waals surface area contributed by atoms with Crippen molar-refractivity contribution in [2.45, 2.75) is 13.5 Å². The summed E-state index contributed by atoms with van der Waals surface area (Å²) in [7, 11) is 0. The third-order valence-corrected chi connectivity index (χ3v) is 3.76. The fraction of sp³-hybridized carbons (Fsp3) is 0.100. The average molecular weight is 317 g/mol. The van der Waals surface area contributed by atoms with Gasteiger partial charge >= 0.3 is 0 Å². The summed E-state index contributed by atoms with van der Waals surface area (Å²) >= 11 is 0. The predicted molar refractivity (Wildman–Crippen MR) is 96.3 cm³/mol. The van der Waals surface area contributed by atoms with Gasteiger partial charge in [0.2, 0.25) is 0 Å². The normalized spacial score (nSPS) is 10.2. The van der Waals surface area contributed by atoms with Gasteiger partial charge in [-0.25, -0.2) is 4.98 Å². The molecule has 2 N–H and O–H groups in total. The molecule has 1 heterocycles. The Labute approximate surface area is 141 Å². The smallest absolute Gasteiger partial charge is 0.270 e. The van der Waals surface area contributed by atoms with Crippen molar-refractivity contribution in [3.05, 3.63) is 89.7 Å². The van der Waals surface area contributed by atoms with Crippen molar-refractivity contribution in [3.8, 4) is 0 Å². The number of benzene rings is 2. The van der Waals surface area contributed by atoms with E-state index >= 15 is 0 Å². The van der Waals surface area contributed by atoms with E-state index in [9.17, 15) is 4.79 Å². The van der Waals surface area contributed by atoms with E-state index in [2.05, 4.69) is 15.6 Å². The van der Waals surface area contributed by atoms with Crippen LogP contribution in [0.3, 0.4) is 0 Å². The lowest BCUT2D eigenvalue weighted by Crippen LogP contribution is -2.24. The molecule has 1 amide bonds. The molecule has 0 atom stereocenters. The molecule has 24 heavy (non-hydrogen) atoms. The Bertz CT molecular complexity index is 814. The van der Waals surface area contributed by atoms with Crippen molar-refractivity contribution in [1.82, 2.24) is 10.3 Å². The number of para-hydroxylation sites is 1. The quantitative estimate of drug-likeness (QED) is 0.746. The van der Waals surface area contributed by atoms with Crippen LogP contribution in [0.25, 0.3) is 0 Å². The first-order chi connectivity index (χ1) is 11.7. The number of nitrogens with one attached hydrogen (secondary N) is 2. The van der Waals surface area contributed by atoms with Crippen LogP contribution in [0, 0.1) is 6.92 Å². The highest BCUT2D eigenvalue weighted by molar-refractivity contribution is 5.92. The molecule has 4 nitrogen and oxygen atoms in total. The lowest BCUT2D eigenvalue weighted by molar-refractivity contribution is 0.0946. The van der Waals surface area contributed by atoms with Gasteiger partial charge in [-0.1, -0.05) is 42.5 Å². The number of aromatic nitrogens is 1. The molecule has 0 radical (unpaired) electrons. The predicted octanol–water partition coefficient (Wildman–Crippen LogP) is 4.06. The molecular weight excluding hydrogens is 298 g/mol. The first kappa shape index (κ1) is 15.7. The van der Waals surface area contributed by atoms with Crippen molar-refractivity contribution in [1.29, 1.82) is 0 Å². The number of rotatable bonds is 5. The first-order valence-electron chi connectivity index (χ1n) is 7.83. The van der Waals surface area contributed by atoms with E-state index in [1.165, 1.54) is 0 Å². The summed E-state index contributed by atoms with van der Waals surface area (Å²) in [6.07, 6.45) is 1.66. The van der Waals surface area contributed by atoms with Crippen LogP contribution >= 0.6 is 0 Å². The van der Waals surface area contributed by atoms with Crippen LogP contribution in [0.1, 0.15) is 21.6 Å². The van der Waals surface area contributed by atoms with E-state index in [1.807, 2.05) is 67.6 Å². The number of nitrogens with zero attached hydrogens (tertiary/aromatic N) is 1. The van der Waals surface area contributed by atoms with Gasteiger partial charge in [0.05, 0.1) is 11.9 Å². The topological polar surface area (TPSA) is 54.0 Å². The van der Waals surface area contributed by atoms with Gasteiger partial charge < -0.3 is 10.6 Å². The second-order valence-corrected chi connectivity index (χ2v) is 5.53. The van der Waals surface area contributed by atoms with E-state index in [0.29, 0.717) is 12.2 Å². The molecule has 120 valence electrons. The lowest BCUT2D eigenvalue weighted by Gasteiger charge is -2.09. The molecular formula is C20H19N3O. The standard InChI is InChI=1S/C20H19N3O/c1-15-7-5-6-8-16(15)13-22-20(24)19-12-11-18(14-21-19)23-17-9-3-2-4-10-17/h2-12,14,23H,13H2,1H3,(H,22,24). The van der Waals surface area contributed by atoms with Gasteiger partial charge in [-0.3, -0.25) is 4.79 Å². The van der Waals surface area contributed by atoms with Crippen LogP contribution in [-0.4, -0.2) is 10.9 Å². The minimum Gasteiger partial charge on any atom is -0.354 e. The maximum Gasteiger partial charge on any atom is 0.270 e. The van der Waals surface area contributed by atoms with Crippen molar-refractivity contribution >= 4 is 17.3 Å². The molecule has 0 bridgehead atoms. The Morgan fingerprint density at radius 1 is 0.917 bits per heavy atom. The number of carbonyl (C=O) groups is 1. The second-order valence-electron chi connectivity index (χ2n) is 5.53. The Kier molecular flexibility index (Phi) is 4.87. The summed E-state index contributed by atoms with van der Waals surface area (Å²) < 4.78 is 0. The molecule has 0 unspecified atom stereocenters. The second kappa shape index (κ2) is 7.42. The Morgan fingerprint density at radius 3 is 2.38 bits per heavy atom. The largest absolute Gasteiger partial charge is 0.354 e. The monoisotopic (exact) mass is 317 g/mol. The number of hydrogen-bond acceptors (Lipinski definition) is 3. The minimum absolute atomic E-state index is 0.176. The van der Waals surface area contributed by atoms with E-state index in [0.717, 1.165) is 22.5 Å². The molecule has 4 heteroatoms. The Hall–Kier alpha value is -3.14. The van der Waals surface area contributed by atoms with Crippen molar-refractivity contribution in [2.75, 3.05) is 5.32 Å². The number of hydrogen-bond donors (Lipinski definition) is 2. The molecule has 0 aliphatic carbocycles. The Morgan fingerprint density at radius 2 is 1.67 bits per heavy atom. The Balaban J connectivity index is 1.61. The average Bonchev–Trinajstić information content (AvgIpc) is 2.62. The van der Waals surface area contributed by atoms with E-state index < -0.39 is 0 Å². The van der Waals surface area contributed by atoms with E-state index in [4.69, 9.17) is 0 Å². The molecule has 3 aromatic rings. The van der Waals surface area contributed by atoms with Gasteiger partial charge in [0, 0.05) is 12.2 Å². The molecule has 0 saturated heterocycles. The highest BCUT2D eigenvalue weighted by Gasteiger charge is 2.07. The summed E-state index contributed by atoms with van der Waals surface area (Å²) in [6, 6.07) is 21.4. The summed E-state index contributed by atoms with van der Waals surface area (Å²) in [5.74, 6) is -0.176. The minimum atomic E-state index is -0.176. The van der Waals surface area contributed by atoms with Gasteiger partial charge in [-0.2, -0.15) is 0 Å². The molecule has 0 spiro atoms. The van der Waals surface area contributed by atoms with Gasteiger partial charge in [-0.05, 0) is 42.3 Å². The summed E-state index contributed by atoms with van der Waals surface area (Å²) in [5, 5.41) is 6.14. The highest BCUT2D eigenvalue weighted by atomic mass is 16.1. The highest BCUT2D eigenvalue weighted by Crippen LogP contribution is 2.15. The van der Waals surface area contributed by atoms with Crippen molar-refractivity contribution < 1.29 is 4.79 Å². The third kappa shape index (κ3) is 3.98. The van der Waals surface area contributed by atoms with Gasteiger partial charge in [0.1, 0.15) is 5.69 Å². The lowest BCUT2D eigenvalue weighted by atomic mass is 10.1. The summed E-state index contributed by atoms with van der Waals surface area (Å²) in [6.45, 7) is 2.53. The summed E-state index contributed by atoms with van der Waals surface area (Å²) in [4.78, 5) is 16.4. The van der Waals surface area contributed by atoms with Crippen LogP contribution in [0.5, 0.6) is 0 Å². The van der Waals surface area contributed by atoms with E-state index in [1.54, 1.807) is 12.3 Å². The zero-order valence-electron chi connectivity index (χ0n) is 13.5. The zero-order valence-corrected chi connectivity index (χ0v) is 13.5. The number of anilines is 2. The first-order valence-corrected chi connectivity index (χ1v) is 7.83. The molecule has 2 aromatic carbocycles. The van der Waals surface area contributed by atoms with Crippen molar-refractivity contribution in [3.63, 3.8) is 0 Å². The number of carbonyl (C=O) groups excluding carboxylic acids is 1. The SMILES string of the molecule is Cc1ccccc1CNC(=O)c1ccc(Nc2ccccc2)cn1. The van der Waals surface area contributed by atoms with Crippen molar-refractivity contribution in [2.24, 2.45) is 0 Å². The molecule has 3 rings (SSSR count). The maximum absolute atomic E-state index is 12.2. The van der Waals surface area contributed by atoms with Crippen LogP contribution in [0.15, 0.2) is 72.9 Å². The number of amides is 1. The molecule has 0 aliphatic heterocycles. The van der Waals surface area contributed by atoms with Crippen LogP contribution in [-0.2, 0) is 6.54 Å².